The molecule has 9 heteroatoms. The molecule has 1 amide bonds. The highest BCUT2D eigenvalue weighted by atomic mass is 16.6. The molecule has 0 aliphatic rings. The van der Waals surface area contributed by atoms with Crippen LogP contribution in [0.4, 0.5) is 0 Å². The van der Waals surface area contributed by atoms with E-state index in [-0.39, 0.29) is 35.6 Å². The van der Waals surface area contributed by atoms with Crippen molar-refractivity contribution in [2.75, 3.05) is 14.2 Å². The number of nitrogens with one attached hydrogen (secondary N) is 1. The van der Waals surface area contributed by atoms with Crippen molar-refractivity contribution in [2.45, 2.75) is 52.7 Å². The number of amides is 1. The summed E-state index contributed by atoms with van der Waals surface area (Å²) in [6.07, 6.45) is 0. The van der Waals surface area contributed by atoms with Crippen LogP contribution < -0.4 is 14.8 Å². The second kappa shape index (κ2) is 11.2. The predicted molar refractivity (Wildman–Crippen MR) is 134 cm³/mol. The normalized spacial score (nSPS) is 12.2. The molecule has 3 aromatic rings. The molecule has 1 heterocycles. The Morgan fingerprint density at radius 1 is 1.03 bits per heavy atom. The van der Waals surface area contributed by atoms with E-state index < -0.39 is 12.0 Å². The van der Waals surface area contributed by atoms with Crippen LogP contribution in [0.2, 0.25) is 0 Å². The summed E-state index contributed by atoms with van der Waals surface area (Å²) < 4.78 is 21.2. The SMILES string of the molecule is COc1ccc(-c2noc(COC(=O)[C@@H](NC(=O)c3ccc(C(C)(C)C)cc3)C(C)C)n2)c(OC)c1. The third kappa shape index (κ3) is 6.41. The van der Waals surface area contributed by atoms with Gasteiger partial charge in [-0.15, -0.1) is 0 Å². The van der Waals surface area contributed by atoms with E-state index in [1.165, 1.54) is 7.11 Å². The maximum atomic E-state index is 12.8. The minimum Gasteiger partial charge on any atom is -0.497 e. The van der Waals surface area contributed by atoms with Gasteiger partial charge >= 0.3 is 5.97 Å². The minimum absolute atomic E-state index is 0.0214. The molecule has 0 saturated carbocycles. The Labute approximate surface area is 211 Å². The smallest absolute Gasteiger partial charge is 0.329 e. The van der Waals surface area contributed by atoms with E-state index in [9.17, 15) is 9.59 Å². The third-order valence-corrected chi connectivity index (χ3v) is 5.68. The molecule has 2 aromatic carbocycles. The Morgan fingerprint density at radius 2 is 1.72 bits per heavy atom. The van der Waals surface area contributed by atoms with Crippen LogP contribution in [0.3, 0.4) is 0 Å². The number of aromatic nitrogens is 2. The second-order valence-electron chi connectivity index (χ2n) is 9.71. The molecular formula is C27H33N3O6. The van der Waals surface area contributed by atoms with Gasteiger partial charge in [0.25, 0.3) is 11.8 Å². The van der Waals surface area contributed by atoms with Crippen LogP contribution in [-0.2, 0) is 21.6 Å². The van der Waals surface area contributed by atoms with Crippen molar-refractivity contribution in [3.63, 3.8) is 0 Å². The first-order valence-electron chi connectivity index (χ1n) is 11.7. The number of carbonyl (C=O) groups is 2. The fourth-order valence-corrected chi connectivity index (χ4v) is 3.47. The van der Waals surface area contributed by atoms with Gasteiger partial charge in [-0.1, -0.05) is 51.9 Å². The number of methoxy groups -OCH3 is 2. The van der Waals surface area contributed by atoms with Gasteiger partial charge < -0.3 is 24.1 Å². The molecule has 3 rings (SSSR count). The number of hydrogen-bond acceptors (Lipinski definition) is 8. The number of ether oxygens (including phenoxy) is 3. The lowest BCUT2D eigenvalue weighted by Crippen LogP contribution is -2.45. The van der Waals surface area contributed by atoms with Crippen molar-refractivity contribution in [1.82, 2.24) is 15.5 Å². The first-order valence-corrected chi connectivity index (χ1v) is 11.7. The molecule has 9 nitrogen and oxygen atoms in total. The minimum atomic E-state index is -0.844. The number of nitrogens with zero attached hydrogens (tertiary/aromatic N) is 2. The fourth-order valence-electron chi connectivity index (χ4n) is 3.47. The molecule has 0 aliphatic heterocycles. The number of hydrogen-bond donors (Lipinski definition) is 1. The van der Waals surface area contributed by atoms with Crippen molar-refractivity contribution in [3.05, 3.63) is 59.5 Å². The number of carbonyl (C=O) groups excluding carboxylic acids is 2. The molecule has 0 unspecified atom stereocenters. The van der Waals surface area contributed by atoms with Gasteiger partial charge in [0.2, 0.25) is 5.82 Å². The maximum Gasteiger partial charge on any atom is 0.329 e. The summed E-state index contributed by atoms with van der Waals surface area (Å²) in [5, 5.41) is 6.73. The Bertz CT molecular complexity index is 1190. The average Bonchev–Trinajstić information content (AvgIpc) is 3.33. The lowest BCUT2D eigenvalue weighted by molar-refractivity contribution is -0.149. The molecule has 36 heavy (non-hydrogen) atoms. The Kier molecular flexibility index (Phi) is 8.34. The van der Waals surface area contributed by atoms with Crippen molar-refractivity contribution in [1.29, 1.82) is 0 Å². The van der Waals surface area contributed by atoms with E-state index in [2.05, 4.69) is 36.2 Å². The molecule has 1 aromatic heterocycles. The number of benzene rings is 2. The lowest BCUT2D eigenvalue weighted by Gasteiger charge is -2.21. The first-order chi connectivity index (χ1) is 17.0. The van der Waals surface area contributed by atoms with E-state index in [1.807, 2.05) is 26.0 Å². The van der Waals surface area contributed by atoms with Crippen LogP contribution in [0.1, 0.15) is 56.4 Å². The Balaban J connectivity index is 1.64. The zero-order valence-electron chi connectivity index (χ0n) is 21.7. The molecule has 0 bridgehead atoms. The summed E-state index contributed by atoms with van der Waals surface area (Å²) >= 11 is 0. The zero-order valence-corrected chi connectivity index (χ0v) is 21.7. The lowest BCUT2D eigenvalue weighted by atomic mass is 9.86. The highest BCUT2D eigenvalue weighted by Gasteiger charge is 2.27. The summed E-state index contributed by atoms with van der Waals surface area (Å²) in [7, 11) is 3.09. The van der Waals surface area contributed by atoms with Gasteiger partial charge in [-0.3, -0.25) is 4.79 Å². The Morgan fingerprint density at radius 3 is 2.31 bits per heavy atom. The van der Waals surface area contributed by atoms with E-state index in [0.717, 1.165) is 5.56 Å². The molecule has 0 aliphatic carbocycles. The van der Waals surface area contributed by atoms with Crippen LogP contribution in [0.5, 0.6) is 11.5 Å². The van der Waals surface area contributed by atoms with E-state index in [1.54, 1.807) is 37.4 Å². The summed E-state index contributed by atoms with van der Waals surface area (Å²) in [6, 6.07) is 11.7. The van der Waals surface area contributed by atoms with E-state index in [0.29, 0.717) is 22.6 Å². The second-order valence-corrected chi connectivity index (χ2v) is 9.71. The quantitative estimate of drug-likeness (QED) is 0.430. The van der Waals surface area contributed by atoms with Gasteiger partial charge in [-0.05, 0) is 41.2 Å². The van der Waals surface area contributed by atoms with Crippen LogP contribution in [0, 0.1) is 5.92 Å². The molecule has 1 N–H and O–H groups in total. The van der Waals surface area contributed by atoms with E-state index >= 15 is 0 Å². The van der Waals surface area contributed by atoms with Crippen molar-refractivity contribution in [2.24, 2.45) is 5.92 Å². The number of rotatable bonds is 9. The van der Waals surface area contributed by atoms with Crippen LogP contribution in [0.25, 0.3) is 11.4 Å². The Hall–Kier alpha value is -3.88. The summed E-state index contributed by atoms with van der Waals surface area (Å²) in [6.45, 7) is 9.74. The highest BCUT2D eigenvalue weighted by Crippen LogP contribution is 2.31. The third-order valence-electron chi connectivity index (χ3n) is 5.68. The highest BCUT2D eigenvalue weighted by molar-refractivity contribution is 5.96. The predicted octanol–water partition coefficient (Wildman–Crippen LogP) is 4.55. The van der Waals surface area contributed by atoms with Gasteiger partial charge in [-0.2, -0.15) is 4.98 Å². The molecular weight excluding hydrogens is 462 g/mol. The monoisotopic (exact) mass is 495 g/mol. The van der Waals surface area contributed by atoms with Crippen LogP contribution in [-0.4, -0.2) is 42.3 Å². The van der Waals surface area contributed by atoms with Crippen molar-refractivity contribution < 1.29 is 28.3 Å². The molecule has 192 valence electrons. The zero-order chi connectivity index (χ0) is 26.5. The van der Waals surface area contributed by atoms with Crippen molar-refractivity contribution in [3.8, 4) is 22.9 Å². The van der Waals surface area contributed by atoms with Gasteiger partial charge in [0.15, 0.2) is 6.61 Å². The molecule has 0 radical (unpaired) electrons. The molecule has 0 spiro atoms. The summed E-state index contributed by atoms with van der Waals surface area (Å²) in [4.78, 5) is 29.9. The van der Waals surface area contributed by atoms with E-state index in [4.69, 9.17) is 18.7 Å². The van der Waals surface area contributed by atoms with Crippen LogP contribution >= 0.6 is 0 Å². The average molecular weight is 496 g/mol. The maximum absolute atomic E-state index is 12.8. The van der Waals surface area contributed by atoms with Crippen molar-refractivity contribution >= 4 is 11.9 Å². The van der Waals surface area contributed by atoms with Gasteiger partial charge in [0, 0.05) is 11.6 Å². The van der Waals surface area contributed by atoms with Crippen LogP contribution in [0.15, 0.2) is 47.0 Å². The van der Waals surface area contributed by atoms with Gasteiger partial charge in [0.05, 0.1) is 19.8 Å². The largest absolute Gasteiger partial charge is 0.497 e. The molecule has 1 atom stereocenters. The fraction of sp³-hybridized carbons (Fsp3) is 0.407. The summed E-state index contributed by atoms with van der Waals surface area (Å²) in [5.74, 6) is 0.397. The topological polar surface area (TPSA) is 113 Å². The summed E-state index contributed by atoms with van der Waals surface area (Å²) in [5.41, 5.74) is 2.16. The molecule has 0 saturated heterocycles. The standard InChI is InChI=1S/C27H33N3O6/c1-16(2)23(29-25(31)17-8-10-18(11-9-17)27(3,4)5)26(32)35-15-22-28-24(30-36-22)20-13-12-19(33-6)14-21(20)34-7/h8-14,16,23H,15H2,1-7H3,(H,29,31)/t23-/m0/s1. The first kappa shape index (κ1) is 26.7. The number of esters is 1. The van der Waals surface area contributed by atoms with Gasteiger partial charge in [-0.25, -0.2) is 4.79 Å². The molecule has 0 fully saturated rings. The van der Waals surface area contributed by atoms with Gasteiger partial charge in [0.1, 0.15) is 17.5 Å².